The smallest absolute Gasteiger partial charge is 0.347 e. The van der Waals surface area contributed by atoms with Gasteiger partial charge < -0.3 is 28.6 Å². The van der Waals surface area contributed by atoms with E-state index in [1.807, 2.05) is 6.08 Å². The Morgan fingerprint density at radius 1 is 0.909 bits per heavy atom. The molecule has 4 aliphatic rings. The minimum atomic E-state index is -1.65. The van der Waals surface area contributed by atoms with Gasteiger partial charge in [-0.15, -0.1) is 0 Å². The van der Waals surface area contributed by atoms with Crippen LogP contribution in [0.25, 0.3) is 11.0 Å². The van der Waals surface area contributed by atoms with Crippen LogP contribution in [-0.4, -0.2) is 66.7 Å². The highest BCUT2D eigenvalue weighted by Crippen LogP contribution is 2.61. The van der Waals surface area contributed by atoms with Gasteiger partial charge in [-0.25, -0.2) is 28.5 Å². The van der Waals surface area contributed by atoms with Gasteiger partial charge in [-0.05, 0) is 71.7 Å². The van der Waals surface area contributed by atoms with Crippen LogP contribution in [0.15, 0.2) is 111 Å². The van der Waals surface area contributed by atoms with Crippen molar-refractivity contribution in [2.24, 2.45) is 18.9 Å². The molecule has 66 heavy (non-hydrogen) atoms. The predicted octanol–water partition coefficient (Wildman–Crippen LogP) is 5.31. The number of hydrogen-bond acceptors (Lipinski definition) is 12. The van der Waals surface area contributed by atoms with Crippen molar-refractivity contribution in [3.63, 3.8) is 0 Å². The van der Waals surface area contributed by atoms with Crippen molar-refractivity contribution in [3.8, 4) is 28.7 Å². The van der Waals surface area contributed by atoms with Crippen molar-refractivity contribution in [3.05, 3.63) is 154 Å². The van der Waals surface area contributed by atoms with Gasteiger partial charge >= 0.3 is 11.4 Å². The fourth-order valence-corrected chi connectivity index (χ4v) is 10.7. The van der Waals surface area contributed by atoms with Gasteiger partial charge in [0, 0.05) is 55.1 Å². The first-order valence-electron chi connectivity index (χ1n) is 20.9. The van der Waals surface area contributed by atoms with Gasteiger partial charge in [0.2, 0.25) is 0 Å². The molecule has 19 heteroatoms. The molecule has 1 aliphatic carbocycles. The second-order valence-electron chi connectivity index (χ2n) is 16.5. The molecule has 2 N–H and O–H groups in total. The predicted molar refractivity (Wildman–Crippen MR) is 243 cm³/mol. The molecular formula is C47H41Cl2N7O10. The Kier molecular flexibility index (Phi) is 10.4. The average Bonchev–Trinajstić information content (AvgIpc) is 3.69. The molecule has 5 heterocycles. The number of fused-ring (bicyclic) bond motifs is 6. The van der Waals surface area contributed by atoms with Gasteiger partial charge in [-0.1, -0.05) is 41.4 Å². The quantitative estimate of drug-likeness (QED) is 0.133. The van der Waals surface area contributed by atoms with E-state index in [9.17, 15) is 19.5 Å². The van der Waals surface area contributed by atoms with Crippen molar-refractivity contribution >= 4 is 51.7 Å². The minimum Gasteiger partial charge on any atom is -0.508 e. The molecule has 1 saturated carbocycles. The minimum absolute atomic E-state index is 0.00990. The fraction of sp³-hybridized carbons (Fsp3) is 0.277. The first-order valence-corrected chi connectivity index (χ1v) is 21.7. The lowest BCUT2D eigenvalue weighted by Gasteiger charge is -2.49. The largest absolute Gasteiger partial charge is 0.508 e. The van der Waals surface area contributed by atoms with Crippen LogP contribution in [0.1, 0.15) is 29.3 Å². The van der Waals surface area contributed by atoms with Crippen LogP contribution in [-0.2, 0) is 48.0 Å². The lowest BCUT2D eigenvalue weighted by molar-refractivity contribution is -0.138. The van der Waals surface area contributed by atoms with E-state index in [1.165, 1.54) is 47.4 Å². The second kappa shape index (κ2) is 16.0. The van der Waals surface area contributed by atoms with Gasteiger partial charge in [-0.2, -0.15) is 5.01 Å². The highest BCUT2D eigenvalue weighted by atomic mass is 35.5. The van der Waals surface area contributed by atoms with Gasteiger partial charge in [0.05, 0.1) is 73.3 Å². The maximum Gasteiger partial charge on any atom is 0.347 e. The number of aromatic hydroxyl groups is 1. The molecule has 2 fully saturated rings. The van der Waals surface area contributed by atoms with Crippen LogP contribution in [0, 0.1) is 11.8 Å². The lowest BCUT2D eigenvalue weighted by atomic mass is 9.52. The van der Waals surface area contributed by atoms with E-state index in [0.29, 0.717) is 61.3 Å². The molecule has 10 rings (SSSR count). The van der Waals surface area contributed by atoms with Crippen molar-refractivity contribution in [2.75, 3.05) is 26.8 Å². The molecule has 0 bridgehead atoms. The van der Waals surface area contributed by atoms with Crippen LogP contribution < -0.4 is 41.3 Å². The first kappa shape index (κ1) is 42.7. The van der Waals surface area contributed by atoms with Crippen molar-refractivity contribution in [2.45, 2.75) is 43.8 Å². The summed E-state index contributed by atoms with van der Waals surface area (Å²) in [4.78, 5) is 78.2. The van der Waals surface area contributed by atoms with E-state index >= 15 is 9.59 Å². The van der Waals surface area contributed by atoms with Gasteiger partial charge in [0.25, 0.3) is 17.4 Å². The number of phenols is 1. The molecule has 2 amide bonds. The number of ether oxygens (including phenoxy) is 4. The van der Waals surface area contributed by atoms with Gasteiger partial charge in [0.15, 0.2) is 11.5 Å². The number of aromatic nitrogens is 5. The number of nitrogens with one attached hydrogen (secondary N) is 1. The maximum atomic E-state index is 15.7. The van der Waals surface area contributed by atoms with Gasteiger partial charge in [-0.3, -0.25) is 19.8 Å². The number of rotatable bonds is 10. The number of phenolic OH excluding ortho intramolecular Hbond substituents is 1. The zero-order valence-corrected chi connectivity index (χ0v) is 37.4. The topological polar surface area (TPSA) is 190 Å². The monoisotopic (exact) mass is 933 g/mol. The van der Waals surface area contributed by atoms with E-state index in [1.54, 1.807) is 74.0 Å². The number of halogens is 2. The Balaban J connectivity index is 1.11. The molecule has 4 aromatic carbocycles. The van der Waals surface area contributed by atoms with Gasteiger partial charge in [0.1, 0.15) is 22.9 Å². The number of carbonyl (C=O) groups excluding carboxylic acids is 2. The zero-order valence-electron chi connectivity index (χ0n) is 35.9. The summed E-state index contributed by atoms with van der Waals surface area (Å²) in [6, 6.07) is 18.7. The number of allylic oxidation sites excluding steroid dienone is 3. The summed E-state index contributed by atoms with van der Waals surface area (Å²) in [7, 11) is 6.10. The zero-order chi connectivity index (χ0) is 46.3. The summed E-state index contributed by atoms with van der Waals surface area (Å²) >= 11 is 12.8. The third kappa shape index (κ3) is 6.42. The molecule has 338 valence electrons. The average molecular weight is 935 g/mol. The number of carbonyl (C=O) groups is 2. The maximum absolute atomic E-state index is 15.7. The van der Waals surface area contributed by atoms with Crippen LogP contribution in [0.5, 0.6) is 28.7 Å². The Hall–Kier alpha value is -7.24. The molecule has 4 unspecified atom stereocenters. The van der Waals surface area contributed by atoms with Crippen LogP contribution in [0.4, 0.5) is 5.69 Å². The number of hydrogen-bond donors (Lipinski definition) is 2. The molecule has 17 nitrogen and oxygen atoms in total. The Morgan fingerprint density at radius 2 is 1.67 bits per heavy atom. The summed E-state index contributed by atoms with van der Waals surface area (Å²) in [6.45, 7) is -0.243. The van der Waals surface area contributed by atoms with E-state index in [4.69, 9.17) is 42.1 Å². The molecule has 1 saturated heterocycles. The normalized spacial score (nSPS) is 20.7. The third-order valence-corrected chi connectivity index (χ3v) is 13.8. The number of hydrazine groups is 1. The fourth-order valence-electron chi connectivity index (χ4n) is 10.3. The molecular weight excluding hydrogens is 893 g/mol. The number of benzene rings is 4. The Bertz CT molecular complexity index is 3300. The second-order valence-corrected chi connectivity index (χ2v) is 17.4. The van der Waals surface area contributed by atoms with Crippen LogP contribution >= 0.6 is 23.2 Å². The summed E-state index contributed by atoms with van der Waals surface area (Å²) in [5, 5.41) is 12.0. The molecule has 2 aromatic heterocycles. The molecule has 0 spiro atoms. The Morgan fingerprint density at radius 3 is 2.39 bits per heavy atom. The highest BCUT2D eigenvalue weighted by Gasteiger charge is 2.69. The van der Waals surface area contributed by atoms with E-state index in [-0.39, 0.29) is 54.5 Å². The van der Waals surface area contributed by atoms with Crippen molar-refractivity contribution in [1.82, 2.24) is 28.5 Å². The summed E-state index contributed by atoms with van der Waals surface area (Å²) in [5.41, 5.74) is 3.29. The molecule has 3 aliphatic heterocycles. The van der Waals surface area contributed by atoms with Crippen LogP contribution in [0.2, 0.25) is 10.0 Å². The number of anilines is 1. The third-order valence-electron chi connectivity index (χ3n) is 13.3. The van der Waals surface area contributed by atoms with E-state index in [0.717, 1.165) is 9.58 Å². The summed E-state index contributed by atoms with van der Waals surface area (Å²) < 4.78 is 27.8. The van der Waals surface area contributed by atoms with Crippen LogP contribution in [0.3, 0.4) is 0 Å². The van der Waals surface area contributed by atoms with Crippen molar-refractivity contribution < 1.29 is 33.6 Å². The van der Waals surface area contributed by atoms with E-state index < -0.39 is 52.0 Å². The van der Waals surface area contributed by atoms with Crippen molar-refractivity contribution in [1.29, 1.82) is 0 Å². The summed E-state index contributed by atoms with van der Waals surface area (Å²) in [6.07, 6.45) is 3.48. The molecule has 4 atom stereocenters. The molecule has 0 radical (unpaired) electrons. The highest BCUT2D eigenvalue weighted by molar-refractivity contribution is 6.36. The number of aryl methyl sites for hydroxylation is 2. The van der Waals surface area contributed by atoms with E-state index in [2.05, 4.69) is 10.4 Å². The first-order chi connectivity index (χ1) is 31.8. The lowest BCUT2D eigenvalue weighted by Crippen LogP contribution is -2.55. The number of nitrogens with zero attached hydrogens (tertiary/aromatic N) is 6. The SMILES string of the molecule is COc1ccc(C23C(=O)N(Nc4ccc(Cl)cc4Cl)C(=O)C2CC2C(=CCn4c(=O)n(CCc5nc6cc(OC)c(OC)cc6n(C)c5=O)c(=O)n42)C3C2=COc3ccc(O)cc3C2)cc1. The number of methoxy groups -OCH3 is 3. The molecule has 6 aromatic rings. The number of amides is 2. The summed E-state index contributed by atoms with van der Waals surface area (Å²) in [5.74, 6) is -1.39. The number of imide groups is 1. The standard InChI is InChI=1S/C47H41Cl2N7O10/c1-52-37-22-40(65-4)39(64-3)21-35(37)50-34(43(52)59)14-15-53-45(61)54-16-13-30-36(56(54)46(53)62)20-31-42(58)55(51-33-11-7-27(48)19-32(33)49)44(60)47(31,26-5-9-29(63-2)10-6-26)41(30)25-17-24-18-28(57)8-12-38(24)66-23-25/h5-13,18-19,21-23,31,36,41,51,57H,14-17,20H2,1-4H3. The Labute approximate surface area is 385 Å².